The fourth-order valence-corrected chi connectivity index (χ4v) is 2.86. The Kier molecular flexibility index (Phi) is 5.28. The number of ether oxygens (including phenoxy) is 3. The van der Waals surface area contributed by atoms with Gasteiger partial charge in [0.05, 0.1) is 26.4 Å². The van der Waals surface area contributed by atoms with Crippen LogP contribution in [0.2, 0.25) is 0 Å². The van der Waals surface area contributed by atoms with E-state index in [1.165, 1.54) is 32.3 Å². The maximum Gasteiger partial charge on any atom is 0.313 e. The van der Waals surface area contributed by atoms with Crippen LogP contribution in [-0.4, -0.2) is 62.9 Å². The first-order valence-electron chi connectivity index (χ1n) is 7.31. The Morgan fingerprint density at radius 2 is 1.88 bits per heavy atom. The minimum absolute atomic E-state index is 0.0134. The molecule has 1 aliphatic heterocycles. The number of likely N-dealkylation sites (tertiary alicyclic amines) is 1. The number of hydrogen-bond donors (Lipinski definition) is 1. The summed E-state index contributed by atoms with van der Waals surface area (Å²) in [6.45, 7) is 0.158. The molecule has 1 atom stereocenters. The topological polar surface area (TPSA) is 85.3 Å². The number of carboxylic acid groups (broad SMARTS) is 1. The molecule has 0 radical (unpaired) electrons. The highest BCUT2D eigenvalue weighted by molar-refractivity contribution is 5.96. The summed E-state index contributed by atoms with van der Waals surface area (Å²) in [5, 5.41) is 9.44. The summed E-state index contributed by atoms with van der Waals surface area (Å²) in [5.41, 5.74) is -1.36. The zero-order valence-electron chi connectivity index (χ0n) is 13.8. The average Bonchev–Trinajstić information content (AvgIpc) is 3.00. The number of halogens is 1. The Balaban J connectivity index is 2.29. The molecule has 0 saturated carbocycles. The summed E-state index contributed by atoms with van der Waals surface area (Å²) in [7, 11) is 4.16. The lowest BCUT2D eigenvalue weighted by Gasteiger charge is -2.24. The molecular weight excluding hydrogens is 321 g/mol. The number of nitrogens with zero attached hydrogens (tertiary/aromatic N) is 1. The molecule has 0 aromatic heterocycles. The quantitative estimate of drug-likeness (QED) is 0.842. The molecule has 132 valence electrons. The van der Waals surface area contributed by atoms with Crippen LogP contribution in [0.5, 0.6) is 11.5 Å². The van der Waals surface area contributed by atoms with E-state index < -0.39 is 23.1 Å². The number of rotatable bonds is 6. The highest BCUT2D eigenvalue weighted by atomic mass is 19.1. The van der Waals surface area contributed by atoms with Crippen molar-refractivity contribution in [2.45, 2.75) is 6.42 Å². The Labute approximate surface area is 138 Å². The van der Waals surface area contributed by atoms with E-state index in [9.17, 15) is 19.1 Å². The van der Waals surface area contributed by atoms with Gasteiger partial charge in [-0.05, 0) is 12.5 Å². The molecule has 0 aliphatic carbocycles. The number of hydrogen-bond acceptors (Lipinski definition) is 5. The minimum Gasteiger partial charge on any atom is -0.493 e. The fraction of sp³-hybridized carbons (Fsp3) is 0.500. The SMILES string of the molecule is COCC1(C(=O)O)CCN(C(=O)c2cc(OC)c(OC)cc2F)C1. The average molecular weight is 341 g/mol. The van der Waals surface area contributed by atoms with Crippen molar-refractivity contribution in [3.63, 3.8) is 0 Å². The van der Waals surface area contributed by atoms with Crippen LogP contribution in [0.25, 0.3) is 0 Å². The van der Waals surface area contributed by atoms with Gasteiger partial charge in [-0.3, -0.25) is 9.59 Å². The van der Waals surface area contributed by atoms with Gasteiger partial charge in [0.15, 0.2) is 11.5 Å². The number of benzene rings is 1. The van der Waals surface area contributed by atoms with Crippen LogP contribution >= 0.6 is 0 Å². The molecule has 1 N–H and O–H groups in total. The van der Waals surface area contributed by atoms with Crippen LogP contribution in [0.1, 0.15) is 16.8 Å². The Morgan fingerprint density at radius 1 is 1.25 bits per heavy atom. The third-order valence-electron chi connectivity index (χ3n) is 4.22. The summed E-state index contributed by atoms with van der Waals surface area (Å²) in [6.07, 6.45) is 0.247. The van der Waals surface area contributed by atoms with Crippen molar-refractivity contribution in [3.8, 4) is 11.5 Å². The van der Waals surface area contributed by atoms with Crippen LogP contribution in [0.3, 0.4) is 0 Å². The van der Waals surface area contributed by atoms with Gasteiger partial charge < -0.3 is 24.2 Å². The van der Waals surface area contributed by atoms with Gasteiger partial charge in [-0.25, -0.2) is 4.39 Å². The number of methoxy groups -OCH3 is 3. The molecule has 1 aromatic rings. The molecule has 1 aliphatic rings. The predicted octanol–water partition coefficient (Wildman–Crippen LogP) is 1.41. The van der Waals surface area contributed by atoms with Crippen molar-refractivity contribution in [1.82, 2.24) is 4.90 Å². The zero-order valence-corrected chi connectivity index (χ0v) is 13.8. The molecule has 1 amide bonds. The Hall–Kier alpha value is -2.35. The molecular formula is C16H20FNO6. The van der Waals surface area contributed by atoms with Crippen LogP contribution in [0.15, 0.2) is 12.1 Å². The number of aliphatic carboxylic acids is 1. The molecule has 8 heteroatoms. The van der Waals surface area contributed by atoms with Gasteiger partial charge in [0.1, 0.15) is 11.2 Å². The standard InChI is InChI=1S/C16H20FNO6/c1-22-9-16(15(20)21)4-5-18(8-16)14(19)10-6-12(23-2)13(24-3)7-11(10)17/h6-7H,4-5,8-9H2,1-3H3,(H,20,21). The van der Waals surface area contributed by atoms with E-state index in [1.807, 2.05) is 0 Å². The molecule has 1 fully saturated rings. The second-order valence-electron chi connectivity index (χ2n) is 5.68. The van der Waals surface area contributed by atoms with Gasteiger partial charge in [-0.1, -0.05) is 0 Å². The van der Waals surface area contributed by atoms with E-state index in [4.69, 9.17) is 14.2 Å². The molecule has 24 heavy (non-hydrogen) atoms. The molecule has 2 rings (SSSR count). The van der Waals surface area contributed by atoms with E-state index in [-0.39, 0.29) is 43.2 Å². The van der Waals surface area contributed by atoms with Crippen molar-refractivity contribution in [2.24, 2.45) is 5.41 Å². The summed E-state index contributed by atoms with van der Waals surface area (Å²) in [6, 6.07) is 2.33. The lowest BCUT2D eigenvalue weighted by atomic mass is 9.88. The Morgan fingerprint density at radius 3 is 2.42 bits per heavy atom. The van der Waals surface area contributed by atoms with Crippen LogP contribution < -0.4 is 9.47 Å². The highest BCUT2D eigenvalue weighted by Gasteiger charge is 2.46. The third-order valence-corrected chi connectivity index (χ3v) is 4.22. The van der Waals surface area contributed by atoms with E-state index in [1.54, 1.807) is 0 Å². The molecule has 1 aromatic carbocycles. The maximum absolute atomic E-state index is 14.2. The number of carbonyl (C=O) groups excluding carboxylic acids is 1. The van der Waals surface area contributed by atoms with Crippen molar-refractivity contribution in [1.29, 1.82) is 0 Å². The maximum atomic E-state index is 14.2. The largest absolute Gasteiger partial charge is 0.493 e. The first-order chi connectivity index (χ1) is 11.4. The molecule has 0 spiro atoms. The molecule has 1 saturated heterocycles. The normalized spacial score (nSPS) is 20.1. The predicted molar refractivity (Wildman–Crippen MR) is 82.0 cm³/mol. The van der Waals surface area contributed by atoms with Gasteiger partial charge >= 0.3 is 5.97 Å². The molecule has 1 heterocycles. The second-order valence-corrected chi connectivity index (χ2v) is 5.68. The van der Waals surface area contributed by atoms with Crippen molar-refractivity contribution in [3.05, 3.63) is 23.5 Å². The molecule has 0 bridgehead atoms. The smallest absolute Gasteiger partial charge is 0.313 e. The lowest BCUT2D eigenvalue weighted by Crippen LogP contribution is -2.40. The highest BCUT2D eigenvalue weighted by Crippen LogP contribution is 2.34. The van der Waals surface area contributed by atoms with E-state index >= 15 is 0 Å². The number of carboxylic acids is 1. The minimum atomic E-state index is -1.17. The number of amides is 1. The zero-order chi connectivity index (χ0) is 17.9. The van der Waals surface area contributed by atoms with Crippen LogP contribution in [0.4, 0.5) is 4.39 Å². The van der Waals surface area contributed by atoms with Gasteiger partial charge in [0.2, 0.25) is 0 Å². The Bertz CT molecular complexity index is 650. The third kappa shape index (κ3) is 3.14. The number of carbonyl (C=O) groups is 2. The van der Waals surface area contributed by atoms with Crippen molar-refractivity contribution >= 4 is 11.9 Å². The van der Waals surface area contributed by atoms with E-state index in [2.05, 4.69) is 0 Å². The van der Waals surface area contributed by atoms with Gasteiger partial charge in [0.25, 0.3) is 5.91 Å². The van der Waals surface area contributed by atoms with E-state index in [0.29, 0.717) is 0 Å². The summed E-state index contributed by atoms with van der Waals surface area (Å²) in [5.74, 6) is -1.98. The van der Waals surface area contributed by atoms with E-state index in [0.717, 1.165) is 6.07 Å². The summed E-state index contributed by atoms with van der Waals surface area (Å²) in [4.78, 5) is 25.5. The monoisotopic (exact) mass is 341 g/mol. The van der Waals surface area contributed by atoms with Crippen molar-refractivity contribution < 1.29 is 33.3 Å². The second kappa shape index (κ2) is 7.04. The van der Waals surface area contributed by atoms with Crippen LogP contribution in [0, 0.1) is 11.2 Å². The lowest BCUT2D eigenvalue weighted by molar-refractivity contribution is -0.151. The fourth-order valence-electron chi connectivity index (χ4n) is 2.86. The first kappa shape index (κ1) is 18.0. The molecule has 1 unspecified atom stereocenters. The van der Waals surface area contributed by atoms with Gasteiger partial charge in [-0.15, -0.1) is 0 Å². The van der Waals surface area contributed by atoms with Gasteiger partial charge in [-0.2, -0.15) is 0 Å². The van der Waals surface area contributed by atoms with Gasteiger partial charge in [0, 0.05) is 26.3 Å². The van der Waals surface area contributed by atoms with Crippen molar-refractivity contribution in [2.75, 3.05) is 41.0 Å². The summed E-state index contributed by atoms with van der Waals surface area (Å²) >= 11 is 0. The summed E-state index contributed by atoms with van der Waals surface area (Å²) < 4.78 is 29.3. The first-order valence-corrected chi connectivity index (χ1v) is 7.31. The molecule has 7 nitrogen and oxygen atoms in total. The van der Waals surface area contributed by atoms with Crippen LogP contribution in [-0.2, 0) is 9.53 Å².